The van der Waals surface area contributed by atoms with Gasteiger partial charge in [0, 0.05) is 0 Å². The Balaban J connectivity index is 0.947. The first-order valence-corrected chi connectivity index (χ1v) is 23.6. The van der Waals surface area contributed by atoms with Gasteiger partial charge in [-0.2, -0.15) is 0 Å². The van der Waals surface area contributed by atoms with E-state index in [0.29, 0.717) is 12.3 Å². The lowest BCUT2D eigenvalue weighted by Gasteiger charge is -2.71. The summed E-state index contributed by atoms with van der Waals surface area (Å²) in [4.78, 5) is 13.1. The highest BCUT2D eigenvalue weighted by molar-refractivity contribution is 5.76. The third-order valence-electron chi connectivity index (χ3n) is 19.0. The summed E-state index contributed by atoms with van der Waals surface area (Å²) in [6.45, 7) is 17.0. The van der Waals surface area contributed by atoms with Gasteiger partial charge in [-0.05, 0) is 116 Å². The Hall–Kier alpha value is -1.35. The standard InChI is InChI=1S/C47H76O16/c1-22-30(49)34(53)37(63-39-36(55)33(52)31(50)25(20-48)60-39)40(59-22)61-26-21-58-38(35(54)32(26)51)62-29-12-13-44(6)27(43(29,4)5)11-14-46(8)28(44)10-9-23-24-19-42(2,3)15-17-47(24,41(56)57)18-16-45(23,46)7/h9,22,24-40,48-55H,10-21H2,1-8H3,(H,56,57). The number of hydrogen-bond donors (Lipinski definition) is 9. The van der Waals surface area contributed by atoms with Crippen LogP contribution in [0.3, 0.4) is 0 Å². The van der Waals surface area contributed by atoms with E-state index in [1.165, 1.54) is 12.5 Å². The molecule has 3 heterocycles. The molecule has 0 radical (unpaired) electrons. The number of rotatable bonds is 8. The molecule has 7 fully saturated rings. The van der Waals surface area contributed by atoms with Gasteiger partial charge < -0.3 is 74.4 Å². The molecule has 63 heavy (non-hydrogen) atoms. The number of aliphatic hydroxyl groups excluding tert-OH is 8. The highest BCUT2D eigenvalue weighted by atomic mass is 16.8. The predicted molar refractivity (Wildman–Crippen MR) is 223 cm³/mol. The molecule has 0 spiro atoms. The molecule has 22 atom stereocenters. The number of hydrogen-bond acceptors (Lipinski definition) is 15. The molecule has 22 unspecified atom stereocenters. The fraction of sp³-hybridized carbons (Fsp3) is 0.936. The Morgan fingerprint density at radius 3 is 2.08 bits per heavy atom. The minimum Gasteiger partial charge on any atom is -0.481 e. The number of carboxylic acid groups (broad SMARTS) is 1. The number of aliphatic carboxylic acids is 1. The van der Waals surface area contributed by atoms with Crippen LogP contribution in [0.2, 0.25) is 0 Å². The molecule has 0 amide bonds. The Kier molecular flexibility index (Phi) is 12.8. The summed E-state index contributed by atoms with van der Waals surface area (Å²) >= 11 is 0. The summed E-state index contributed by atoms with van der Waals surface area (Å²) in [5, 5.41) is 96.3. The van der Waals surface area contributed by atoms with Crippen molar-refractivity contribution >= 4 is 5.97 Å². The fourth-order valence-electron chi connectivity index (χ4n) is 14.8. The predicted octanol–water partition coefficient (Wildman–Crippen LogP) is 2.37. The summed E-state index contributed by atoms with van der Waals surface area (Å²) in [6, 6.07) is 0. The largest absolute Gasteiger partial charge is 0.481 e. The highest BCUT2D eigenvalue weighted by Gasteiger charge is 2.69. The topological polar surface area (TPSA) is 255 Å². The summed E-state index contributed by atoms with van der Waals surface area (Å²) in [6.07, 6.45) is -9.96. The smallest absolute Gasteiger partial charge is 0.310 e. The molecule has 16 heteroatoms. The molecule has 5 aliphatic carbocycles. The maximum Gasteiger partial charge on any atom is 0.310 e. The Labute approximate surface area is 371 Å². The van der Waals surface area contributed by atoms with Crippen LogP contribution in [0.25, 0.3) is 0 Å². The first-order chi connectivity index (χ1) is 29.4. The zero-order valence-corrected chi connectivity index (χ0v) is 38.3. The van der Waals surface area contributed by atoms with Crippen LogP contribution in [0.15, 0.2) is 11.6 Å². The molecule has 9 N–H and O–H groups in total. The molecule has 8 rings (SSSR count). The van der Waals surface area contributed by atoms with Gasteiger partial charge in [-0.15, -0.1) is 0 Å². The minimum atomic E-state index is -1.81. The molecule has 360 valence electrons. The van der Waals surface area contributed by atoms with Crippen molar-refractivity contribution in [2.75, 3.05) is 13.2 Å². The quantitative estimate of drug-likeness (QED) is 0.125. The number of allylic oxidation sites excluding steroid dienone is 2. The van der Waals surface area contributed by atoms with Gasteiger partial charge in [-0.1, -0.05) is 60.1 Å². The normalized spacial score (nSPS) is 54.1. The molecule has 3 aliphatic heterocycles. The number of fused-ring (bicyclic) bond motifs is 7. The van der Waals surface area contributed by atoms with E-state index in [4.69, 9.17) is 28.4 Å². The lowest BCUT2D eigenvalue weighted by atomic mass is 9.33. The highest BCUT2D eigenvalue weighted by Crippen LogP contribution is 2.76. The molecule has 3 saturated heterocycles. The maximum atomic E-state index is 13.1. The van der Waals surface area contributed by atoms with E-state index in [-0.39, 0.29) is 51.6 Å². The number of ether oxygens (including phenoxy) is 6. The fourth-order valence-corrected chi connectivity index (χ4v) is 14.8. The van der Waals surface area contributed by atoms with Crippen LogP contribution in [0.1, 0.15) is 120 Å². The van der Waals surface area contributed by atoms with Gasteiger partial charge in [0.25, 0.3) is 0 Å². The maximum absolute atomic E-state index is 13.1. The lowest BCUT2D eigenvalue weighted by molar-refractivity contribution is -0.381. The average molecular weight is 897 g/mol. The molecule has 0 bridgehead atoms. The van der Waals surface area contributed by atoms with E-state index in [1.807, 2.05) is 0 Å². The minimum absolute atomic E-state index is 0.00693. The SMILES string of the molecule is CC1OC(OC2COC(OC3CCC4(C)C(CCC5(C)C4CC=C4C6CC(C)(C)CCC6(C(=O)O)CCC45C)C3(C)C)C(O)C2O)C(OC2OC(CO)C(O)C(O)C2O)C(O)C1O. The second-order valence-electron chi connectivity index (χ2n) is 23.0. The van der Waals surface area contributed by atoms with Gasteiger partial charge in [0.2, 0.25) is 0 Å². The molecule has 0 aromatic carbocycles. The van der Waals surface area contributed by atoms with E-state index in [1.54, 1.807) is 0 Å². The summed E-state index contributed by atoms with van der Waals surface area (Å²) in [5.41, 5.74) is 0.349. The van der Waals surface area contributed by atoms with Crippen LogP contribution >= 0.6 is 0 Å². The second kappa shape index (κ2) is 16.7. The molecular formula is C47H76O16. The molecular weight excluding hydrogens is 821 g/mol. The number of carbonyl (C=O) groups is 1. The molecule has 16 nitrogen and oxygen atoms in total. The number of carboxylic acids is 1. The monoisotopic (exact) mass is 897 g/mol. The van der Waals surface area contributed by atoms with E-state index in [0.717, 1.165) is 57.8 Å². The van der Waals surface area contributed by atoms with Crippen molar-refractivity contribution in [1.82, 2.24) is 0 Å². The Morgan fingerprint density at radius 1 is 0.714 bits per heavy atom. The van der Waals surface area contributed by atoms with E-state index in [9.17, 15) is 50.8 Å². The van der Waals surface area contributed by atoms with Gasteiger partial charge in [0.05, 0.1) is 30.8 Å². The van der Waals surface area contributed by atoms with Crippen molar-refractivity contribution in [2.45, 2.75) is 212 Å². The number of aliphatic hydroxyl groups is 8. The van der Waals surface area contributed by atoms with E-state index in [2.05, 4.69) is 54.5 Å². The van der Waals surface area contributed by atoms with Crippen LogP contribution in [0, 0.1) is 50.2 Å². The second-order valence-corrected chi connectivity index (χ2v) is 23.0. The Bertz CT molecular complexity index is 1720. The summed E-state index contributed by atoms with van der Waals surface area (Å²) in [5.74, 6) is 0.0950. The van der Waals surface area contributed by atoms with Crippen molar-refractivity contribution in [1.29, 1.82) is 0 Å². The molecule has 8 aliphatic rings. The van der Waals surface area contributed by atoms with Crippen LogP contribution in [0.4, 0.5) is 0 Å². The first kappa shape index (κ1) is 48.1. The van der Waals surface area contributed by atoms with Crippen LogP contribution in [-0.2, 0) is 33.2 Å². The lowest BCUT2D eigenvalue weighted by Crippen LogP contribution is -2.66. The van der Waals surface area contributed by atoms with Gasteiger partial charge in [0.15, 0.2) is 18.9 Å². The van der Waals surface area contributed by atoms with E-state index < -0.39 is 104 Å². The molecule has 0 aromatic heterocycles. The first-order valence-electron chi connectivity index (χ1n) is 23.6. The third-order valence-corrected chi connectivity index (χ3v) is 19.0. The zero-order chi connectivity index (χ0) is 46.0. The van der Waals surface area contributed by atoms with Crippen molar-refractivity contribution in [3.63, 3.8) is 0 Å². The van der Waals surface area contributed by atoms with E-state index >= 15 is 0 Å². The molecule has 4 saturated carbocycles. The van der Waals surface area contributed by atoms with Crippen molar-refractivity contribution in [3.8, 4) is 0 Å². The van der Waals surface area contributed by atoms with Crippen molar-refractivity contribution < 1.29 is 79.2 Å². The van der Waals surface area contributed by atoms with Gasteiger partial charge in [-0.25, -0.2) is 0 Å². The Morgan fingerprint density at radius 2 is 1.40 bits per heavy atom. The van der Waals surface area contributed by atoms with Crippen LogP contribution in [-0.4, -0.2) is 157 Å². The summed E-state index contributed by atoms with van der Waals surface area (Å²) < 4.78 is 36.0. The van der Waals surface area contributed by atoms with Gasteiger partial charge in [0.1, 0.15) is 61.0 Å². The van der Waals surface area contributed by atoms with Crippen molar-refractivity contribution in [2.24, 2.45) is 50.2 Å². The van der Waals surface area contributed by atoms with Crippen molar-refractivity contribution in [3.05, 3.63) is 11.6 Å². The van der Waals surface area contributed by atoms with Crippen LogP contribution < -0.4 is 0 Å². The van der Waals surface area contributed by atoms with Gasteiger partial charge >= 0.3 is 5.97 Å². The third kappa shape index (κ3) is 7.51. The average Bonchev–Trinajstić information content (AvgIpc) is 3.21. The van der Waals surface area contributed by atoms with Crippen LogP contribution in [0.5, 0.6) is 0 Å². The molecule has 0 aromatic rings. The summed E-state index contributed by atoms with van der Waals surface area (Å²) in [7, 11) is 0. The zero-order valence-electron chi connectivity index (χ0n) is 38.3. The van der Waals surface area contributed by atoms with Gasteiger partial charge in [-0.3, -0.25) is 4.79 Å².